The Hall–Kier alpha value is -12.3. The lowest BCUT2D eigenvalue weighted by Gasteiger charge is -2.19. The van der Waals surface area contributed by atoms with Crippen molar-refractivity contribution in [3.05, 3.63) is 241 Å². The molecule has 105 heavy (non-hydrogen) atoms. The predicted molar refractivity (Wildman–Crippen MR) is 388 cm³/mol. The molecule has 28 heteroatoms. The maximum Gasteiger partial charge on any atom is 0.165 e. The zero-order chi connectivity index (χ0) is 72.7. The highest BCUT2D eigenvalue weighted by atomic mass is 19.1. The Morgan fingerprint density at radius 1 is 0.476 bits per heavy atom. The average Bonchev–Trinajstić information content (AvgIpc) is 1.64. The second-order valence-corrected chi connectivity index (χ2v) is 25.9. The van der Waals surface area contributed by atoms with Gasteiger partial charge in [-0.05, 0) is 167 Å². The first-order chi connectivity index (χ1) is 51.1. The first kappa shape index (κ1) is 69.8. The van der Waals surface area contributed by atoms with E-state index < -0.39 is 5.82 Å². The fourth-order valence-electron chi connectivity index (χ4n) is 13.1. The highest BCUT2D eigenvalue weighted by Gasteiger charge is 2.30. The topological polar surface area (TPSA) is 289 Å². The molecule has 0 bridgehead atoms. The van der Waals surface area contributed by atoms with Crippen molar-refractivity contribution in [1.29, 1.82) is 0 Å². The van der Waals surface area contributed by atoms with E-state index in [2.05, 4.69) is 56.6 Å². The molecule has 2 fully saturated rings. The lowest BCUT2D eigenvalue weighted by atomic mass is 10.1. The minimum absolute atomic E-state index is 0.000528. The van der Waals surface area contributed by atoms with Gasteiger partial charge in [-0.1, -0.05) is 24.3 Å². The minimum Gasteiger partial charge on any atom is -0.508 e. The number of halogens is 3. The van der Waals surface area contributed by atoms with Crippen LogP contribution in [0.25, 0.3) is 50.3 Å². The summed E-state index contributed by atoms with van der Waals surface area (Å²) < 4.78 is 73.3. The van der Waals surface area contributed by atoms with Crippen LogP contribution in [0.3, 0.4) is 0 Å². The van der Waals surface area contributed by atoms with Gasteiger partial charge in [0.2, 0.25) is 0 Å². The number of ether oxygens (including phenoxy) is 4. The smallest absolute Gasteiger partial charge is 0.165 e. The van der Waals surface area contributed by atoms with Crippen molar-refractivity contribution in [1.82, 2.24) is 73.6 Å². The molecule has 0 radical (unpaired) electrons. The summed E-state index contributed by atoms with van der Waals surface area (Å²) >= 11 is 0. The Labute approximate surface area is 600 Å². The number of aromatic amines is 1. The van der Waals surface area contributed by atoms with Gasteiger partial charge in [0, 0.05) is 87.3 Å². The SMILES string of the molecule is CC(Nc1ccn2ncc(-c3cnn(C4CCCC4O)c3)c2n1)c1cc(F)ccc1O.COc1ccc(COc2ccc(F)cc2C(C)Nc2ccn3ncc(-c4cn[nH]c4)c3n2)cc1.COc1ccc(COc2ccc(F)cc2C(C)Nc2ccn3ncc(-c4cnn(C5CCCC5O)c4)c3n2)cc1. The number of phenols is 1. The zero-order valence-corrected chi connectivity index (χ0v) is 58.0. The van der Waals surface area contributed by atoms with Crippen molar-refractivity contribution in [2.75, 3.05) is 30.2 Å². The number of aromatic hydroxyl groups is 1. The lowest BCUT2D eigenvalue weighted by Crippen LogP contribution is -2.18. The number of aliphatic hydroxyl groups is 2. The number of benzene rings is 5. The Balaban J connectivity index is 0.000000134. The third-order valence-corrected chi connectivity index (χ3v) is 18.8. The van der Waals surface area contributed by atoms with E-state index in [4.69, 9.17) is 28.9 Å². The number of aliphatic hydroxyl groups excluding tert-OH is 2. The Morgan fingerprint density at radius 3 is 1.27 bits per heavy atom. The predicted octanol–water partition coefficient (Wildman–Crippen LogP) is 14.3. The first-order valence-corrected chi connectivity index (χ1v) is 34.4. The molecule has 14 aromatic rings. The van der Waals surface area contributed by atoms with Crippen LogP contribution in [0.5, 0.6) is 28.7 Å². The number of hydrogen-bond donors (Lipinski definition) is 7. The van der Waals surface area contributed by atoms with E-state index >= 15 is 0 Å². The molecular formula is C77H77F3N18O7. The molecule has 0 amide bonds. The molecule has 0 saturated heterocycles. The van der Waals surface area contributed by atoms with E-state index in [-0.39, 0.29) is 59.8 Å². The molecule has 9 heterocycles. The molecule has 2 aliphatic rings. The number of rotatable bonds is 22. The molecule has 0 aliphatic heterocycles. The fourth-order valence-corrected chi connectivity index (χ4v) is 13.1. The van der Waals surface area contributed by atoms with Gasteiger partial charge in [-0.3, -0.25) is 14.5 Å². The lowest BCUT2D eigenvalue weighted by molar-refractivity contribution is 0.130. The van der Waals surface area contributed by atoms with Gasteiger partial charge in [0.1, 0.15) is 76.9 Å². The number of nitrogens with zero attached hydrogens (tertiary/aromatic N) is 14. The van der Waals surface area contributed by atoms with Crippen LogP contribution >= 0.6 is 0 Å². The molecule has 538 valence electrons. The summed E-state index contributed by atoms with van der Waals surface area (Å²) in [5.41, 5.74) is 10.9. The number of H-pyrrole nitrogens is 1. The van der Waals surface area contributed by atoms with Crippen LogP contribution in [-0.2, 0) is 13.2 Å². The third-order valence-electron chi connectivity index (χ3n) is 18.8. The van der Waals surface area contributed by atoms with Crippen molar-refractivity contribution < 1.29 is 47.4 Å². The van der Waals surface area contributed by atoms with Gasteiger partial charge in [0.05, 0.1) is 93.8 Å². The molecule has 2 saturated carbocycles. The number of aromatic nitrogens is 15. The zero-order valence-electron chi connectivity index (χ0n) is 58.0. The fraction of sp³-hybridized carbons (Fsp3) is 0.260. The highest BCUT2D eigenvalue weighted by molar-refractivity contribution is 5.79. The van der Waals surface area contributed by atoms with E-state index in [1.807, 2.05) is 116 Å². The van der Waals surface area contributed by atoms with Crippen molar-refractivity contribution in [3.8, 4) is 62.1 Å². The van der Waals surface area contributed by atoms with Crippen LogP contribution in [0, 0.1) is 17.5 Å². The van der Waals surface area contributed by atoms with Crippen LogP contribution < -0.4 is 34.9 Å². The molecule has 5 aromatic carbocycles. The molecule has 2 aliphatic carbocycles. The van der Waals surface area contributed by atoms with Crippen molar-refractivity contribution in [2.24, 2.45) is 0 Å². The number of methoxy groups -OCH3 is 2. The summed E-state index contributed by atoms with van der Waals surface area (Å²) in [4.78, 5) is 14.2. The van der Waals surface area contributed by atoms with E-state index in [0.717, 1.165) is 94.5 Å². The number of nitrogens with one attached hydrogen (secondary N) is 4. The van der Waals surface area contributed by atoms with E-state index in [1.165, 1.54) is 42.5 Å². The van der Waals surface area contributed by atoms with Gasteiger partial charge >= 0.3 is 0 Å². The van der Waals surface area contributed by atoms with E-state index in [1.54, 1.807) is 95.5 Å². The monoisotopic (exact) mass is 1420 g/mol. The van der Waals surface area contributed by atoms with Crippen LogP contribution in [0.15, 0.2) is 196 Å². The van der Waals surface area contributed by atoms with Gasteiger partial charge < -0.3 is 50.2 Å². The summed E-state index contributed by atoms with van der Waals surface area (Å²) in [6.07, 6.45) is 26.3. The normalized spacial score (nSPS) is 16.4. The van der Waals surface area contributed by atoms with E-state index in [0.29, 0.717) is 75.8 Å². The average molecular weight is 1420 g/mol. The molecule has 7 unspecified atom stereocenters. The number of fused-ring (bicyclic) bond motifs is 3. The number of phenolic OH excluding ortho intramolecular Hbond substituents is 1. The minimum atomic E-state index is -0.410. The largest absolute Gasteiger partial charge is 0.508 e. The molecule has 25 nitrogen and oxygen atoms in total. The van der Waals surface area contributed by atoms with Crippen molar-refractivity contribution >= 4 is 34.4 Å². The Kier molecular flexibility index (Phi) is 20.7. The second-order valence-electron chi connectivity index (χ2n) is 25.9. The van der Waals surface area contributed by atoms with Crippen molar-refractivity contribution in [3.63, 3.8) is 0 Å². The molecule has 7 N–H and O–H groups in total. The van der Waals surface area contributed by atoms with E-state index in [9.17, 15) is 28.5 Å². The summed E-state index contributed by atoms with van der Waals surface area (Å²) in [5, 5.41) is 69.4. The quantitative estimate of drug-likeness (QED) is 0.0332. The first-order valence-electron chi connectivity index (χ1n) is 34.4. The van der Waals surface area contributed by atoms with Crippen LogP contribution in [0.1, 0.15) is 117 Å². The van der Waals surface area contributed by atoms with Gasteiger partial charge in [-0.15, -0.1) is 0 Å². The maximum atomic E-state index is 14.3. The molecule has 7 atom stereocenters. The van der Waals surface area contributed by atoms with Crippen molar-refractivity contribution in [2.45, 2.75) is 115 Å². The second kappa shape index (κ2) is 31.1. The van der Waals surface area contributed by atoms with Crippen LogP contribution in [0.4, 0.5) is 30.6 Å². The van der Waals surface area contributed by atoms with Gasteiger partial charge in [-0.25, -0.2) is 41.7 Å². The van der Waals surface area contributed by atoms with Gasteiger partial charge in [-0.2, -0.15) is 30.6 Å². The molecule has 16 rings (SSSR count). The summed E-state index contributed by atoms with van der Waals surface area (Å²) in [5.74, 6) is 3.51. The van der Waals surface area contributed by atoms with Crippen LogP contribution in [-0.4, -0.2) is 115 Å². The maximum absolute atomic E-state index is 14.3. The number of hydrogen-bond acceptors (Lipinski definition) is 19. The summed E-state index contributed by atoms with van der Waals surface area (Å²) in [6, 6.07) is 32.7. The summed E-state index contributed by atoms with van der Waals surface area (Å²) in [7, 11) is 3.25. The standard InChI is InChI=1S/C30H31FN6O3.C25H23FN6O2.C22H23FN6O2/c1-19(24-14-22(31)8-11-28(24)40-18-20-6-9-23(39-2)10-7-20)34-29-12-13-36-30(35-29)25(16-33-36)21-15-32-37(17-21)26-4-3-5-27(26)38;1-16(30-24-9-10-32-25(31-24)22(14-29-32)18-12-27-28-13-18)21-11-19(26)5-8-23(21)34-15-17-3-6-20(33-2)7-4-17;1-13(16-9-15(23)5-6-19(16)30)26-21-7-8-28-22(27-21)17(11-25-28)14-10-24-29(12-14)18-3-2-4-20(18)31/h6-17,19,26-27,38H,3-5,18H2,1-2H3,(H,34,35);3-14,16H,15H2,1-2H3,(H,27,28)(H,30,31);5-13,18,20,30-31H,2-4H2,1H3,(H,26,27). The van der Waals surface area contributed by atoms with Gasteiger partial charge in [0.25, 0.3) is 0 Å². The third kappa shape index (κ3) is 15.9. The number of anilines is 3. The Morgan fingerprint density at radius 2 is 0.876 bits per heavy atom. The van der Waals surface area contributed by atoms with Gasteiger partial charge in [0.15, 0.2) is 16.9 Å². The molecule has 9 aromatic heterocycles. The summed E-state index contributed by atoms with van der Waals surface area (Å²) in [6.45, 7) is 6.39. The molecular weight excluding hydrogens is 1350 g/mol. The highest BCUT2D eigenvalue weighted by Crippen LogP contribution is 2.37. The molecule has 0 spiro atoms. The van der Waals surface area contributed by atoms with Crippen LogP contribution in [0.2, 0.25) is 0 Å². The Bertz CT molecular complexity index is 5280.